The average Bonchev–Trinajstić information content (AvgIpc) is 2.90. The summed E-state index contributed by atoms with van der Waals surface area (Å²) < 4.78 is 6.11. The van der Waals surface area contributed by atoms with E-state index < -0.39 is 0 Å². The number of anilines is 1. The molecule has 2 saturated heterocycles. The van der Waals surface area contributed by atoms with Crippen LogP contribution in [0.3, 0.4) is 0 Å². The molecular weight excluding hydrogens is 334 g/mol. The van der Waals surface area contributed by atoms with Crippen molar-refractivity contribution in [3.8, 4) is 0 Å². The monoisotopic (exact) mass is 359 g/mol. The molecule has 4 rings (SSSR count). The first kappa shape index (κ1) is 16.9. The zero-order valence-corrected chi connectivity index (χ0v) is 15.7. The number of aryl methyl sites for hydroxylation is 2. The first-order chi connectivity index (χ1) is 12.2. The summed E-state index contributed by atoms with van der Waals surface area (Å²) in [5.41, 5.74) is 2.28. The summed E-state index contributed by atoms with van der Waals surface area (Å²) >= 11 is 1.73. The number of hydrogen-bond acceptors (Lipinski definition) is 7. The molecule has 0 unspecified atom stereocenters. The molecule has 2 fully saturated rings. The third-order valence-corrected chi connectivity index (χ3v) is 5.89. The zero-order chi connectivity index (χ0) is 17.2. The average molecular weight is 359 g/mol. The fourth-order valence-electron chi connectivity index (χ4n) is 3.79. The Morgan fingerprint density at radius 1 is 1.16 bits per heavy atom. The van der Waals surface area contributed by atoms with E-state index in [0.717, 1.165) is 62.1 Å². The Morgan fingerprint density at radius 3 is 2.72 bits per heavy atom. The molecule has 2 aliphatic heterocycles. The molecule has 0 amide bonds. The number of thiazole rings is 1. The van der Waals surface area contributed by atoms with E-state index in [-0.39, 0.29) is 0 Å². The lowest BCUT2D eigenvalue weighted by Crippen LogP contribution is -2.50. The minimum atomic E-state index is 0.295. The van der Waals surface area contributed by atoms with Crippen LogP contribution in [-0.2, 0) is 11.3 Å². The third-order valence-electron chi connectivity index (χ3n) is 5.07. The van der Waals surface area contributed by atoms with Crippen molar-refractivity contribution in [3.63, 3.8) is 0 Å². The lowest BCUT2D eigenvalue weighted by Gasteiger charge is -2.40. The van der Waals surface area contributed by atoms with Crippen molar-refractivity contribution in [2.24, 2.45) is 0 Å². The second-order valence-electron chi connectivity index (χ2n) is 6.93. The molecular formula is C18H25N5OS. The van der Waals surface area contributed by atoms with Gasteiger partial charge in [0.15, 0.2) is 0 Å². The highest BCUT2D eigenvalue weighted by atomic mass is 32.1. The maximum Gasteiger partial charge on any atom is 0.225 e. The van der Waals surface area contributed by atoms with Crippen LogP contribution < -0.4 is 4.90 Å². The number of ether oxygens (including phenoxy) is 1. The van der Waals surface area contributed by atoms with Crippen LogP contribution in [0.25, 0.3) is 0 Å². The molecule has 2 aliphatic rings. The quantitative estimate of drug-likeness (QED) is 0.839. The number of aromatic nitrogens is 3. The Balaban J connectivity index is 1.46. The van der Waals surface area contributed by atoms with Crippen molar-refractivity contribution in [1.29, 1.82) is 0 Å². The van der Waals surface area contributed by atoms with Gasteiger partial charge in [-0.2, -0.15) is 0 Å². The molecule has 25 heavy (non-hydrogen) atoms. The Hall–Kier alpha value is -1.57. The van der Waals surface area contributed by atoms with Gasteiger partial charge in [0.1, 0.15) is 0 Å². The Bertz CT molecular complexity index is 704. The molecule has 2 aromatic heterocycles. The Labute approximate surface area is 152 Å². The summed E-state index contributed by atoms with van der Waals surface area (Å²) in [4.78, 5) is 18.5. The predicted molar refractivity (Wildman–Crippen MR) is 99.0 cm³/mol. The summed E-state index contributed by atoms with van der Waals surface area (Å²) in [5, 5.41) is 3.33. The fourth-order valence-corrected chi connectivity index (χ4v) is 4.40. The lowest BCUT2D eigenvalue weighted by molar-refractivity contribution is -0.0749. The van der Waals surface area contributed by atoms with Crippen LogP contribution in [0.4, 0.5) is 5.95 Å². The maximum absolute atomic E-state index is 6.11. The smallest absolute Gasteiger partial charge is 0.225 e. The highest BCUT2D eigenvalue weighted by molar-refractivity contribution is 7.09. The molecule has 0 radical (unpaired) electrons. The number of rotatable bonds is 3. The van der Waals surface area contributed by atoms with Crippen molar-refractivity contribution in [3.05, 3.63) is 34.0 Å². The normalized spacial score (nSPS) is 24.8. The molecule has 7 heteroatoms. The molecule has 0 bridgehead atoms. The molecule has 0 saturated carbocycles. The number of morpholine rings is 1. The van der Waals surface area contributed by atoms with Gasteiger partial charge in [0.05, 0.1) is 23.4 Å². The van der Waals surface area contributed by atoms with Crippen LogP contribution in [0.1, 0.15) is 29.1 Å². The van der Waals surface area contributed by atoms with Crippen molar-refractivity contribution in [2.45, 2.75) is 45.4 Å². The van der Waals surface area contributed by atoms with Gasteiger partial charge in [0, 0.05) is 50.0 Å². The molecule has 6 nitrogen and oxygen atoms in total. The topological polar surface area (TPSA) is 54.4 Å². The minimum Gasteiger partial charge on any atom is -0.375 e. The standard InChI is InChI=1S/C18H25N5OS/c1-13-9-19-18(20-10-13)22-5-3-16-17(4-6-22)24-8-7-23(16)11-15-12-25-14(2)21-15/h9-10,12,16-17H,3-8,11H2,1-2H3/t16-,17+/m0/s1. The van der Waals surface area contributed by atoms with Gasteiger partial charge in [-0.05, 0) is 32.3 Å². The predicted octanol–water partition coefficient (Wildman–Crippen LogP) is 2.42. The summed E-state index contributed by atoms with van der Waals surface area (Å²) in [5.74, 6) is 0.839. The van der Waals surface area contributed by atoms with Crippen molar-refractivity contribution in [1.82, 2.24) is 19.9 Å². The number of hydrogen-bond donors (Lipinski definition) is 0. The van der Waals surface area contributed by atoms with Gasteiger partial charge in [0.25, 0.3) is 0 Å². The largest absolute Gasteiger partial charge is 0.375 e. The van der Waals surface area contributed by atoms with Gasteiger partial charge < -0.3 is 9.64 Å². The van der Waals surface area contributed by atoms with Crippen LogP contribution in [0, 0.1) is 13.8 Å². The summed E-state index contributed by atoms with van der Waals surface area (Å²) in [6.45, 7) is 8.74. The SMILES string of the molecule is Cc1cnc(N2CC[C@H]3OCCN(Cc4csc(C)n4)[C@H]3CC2)nc1. The van der Waals surface area contributed by atoms with Gasteiger partial charge in [-0.25, -0.2) is 15.0 Å². The highest BCUT2D eigenvalue weighted by Gasteiger charge is 2.35. The first-order valence-electron chi connectivity index (χ1n) is 8.99. The van der Waals surface area contributed by atoms with E-state index in [1.165, 1.54) is 5.69 Å². The highest BCUT2D eigenvalue weighted by Crippen LogP contribution is 2.26. The second-order valence-corrected chi connectivity index (χ2v) is 7.99. The van der Waals surface area contributed by atoms with E-state index in [1.807, 2.05) is 19.3 Å². The van der Waals surface area contributed by atoms with Crippen molar-refractivity contribution < 1.29 is 4.74 Å². The van der Waals surface area contributed by atoms with E-state index >= 15 is 0 Å². The van der Waals surface area contributed by atoms with Crippen LogP contribution in [0.15, 0.2) is 17.8 Å². The van der Waals surface area contributed by atoms with Crippen LogP contribution in [-0.4, -0.2) is 58.2 Å². The zero-order valence-electron chi connectivity index (χ0n) is 14.9. The van der Waals surface area contributed by atoms with Gasteiger partial charge >= 0.3 is 0 Å². The van der Waals surface area contributed by atoms with Gasteiger partial charge in [-0.1, -0.05) is 0 Å². The summed E-state index contributed by atoms with van der Waals surface area (Å²) in [7, 11) is 0. The Morgan fingerprint density at radius 2 is 1.96 bits per heavy atom. The summed E-state index contributed by atoms with van der Waals surface area (Å²) in [6, 6.07) is 0.450. The second kappa shape index (κ2) is 7.35. The Kier molecular flexibility index (Phi) is 4.96. The summed E-state index contributed by atoms with van der Waals surface area (Å²) in [6.07, 6.45) is 6.19. The molecule has 0 aromatic carbocycles. The van der Waals surface area contributed by atoms with E-state index in [0.29, 0.717) is 12.1 Å². The molecule has 134 valence electrons. The van der Waals surface area contributed by atoms with Crippen LogP contribution in [0.5, 0.6) is 0 Å². The fraction of sp³-hybridized carbons (Fsp3) is 0.611. The number of fused-ring (bicyclic) bond motifs is 1. The van der Waals surface area contributed by atoms with E-state index in [4.69, 9.17) is 4.74 Å². The minimum absolute atomic E-state index is 0.295. The molecule has 0 spiro atoms. The molecule has 0 aliphatic carbocycles. The van der Waals surface area contributed by atoms with Crippen molar-refractivity contribution >= 4 is 17.3 Å². The maximum atomic E-state index is 6.11. The van der Waals surface area contributed by atoms with E-state index in [1.54, 1.807) is 11.3 Å². The lowest BCUT2D eigenvalue weighted by atomic mass is 10.0. The van der Waals surface area contributed by atoms with Crippen molar-refractivity contribution in [2.75, 3.05) is 31.1 Å². The van der Waals surface area contributed by atoms with Gasteiger partial charge in [-0.3, -0.25) is 4.90 Å². The molecule has 0 N–H and O–H groups in total. The van der Waals surface area contributed by atoms with E-state index in [2.05, 4.69) is 37.1 Å². The number of nitrogens with zero attached hydrogens (tertiary/aromatic N) is 5. The van der Waals surface area contributed by atoms with Gasteiger partial charge in [-0.15, -0.1) is 11.3 Å². The van der Waals surface area contributed by atoms with Gasteiger partial charge in [0.2, 0.25) is 5.95 Å². The first-order valence-corrected chi connectivity index (χ1v) is 9.87. The molecule has 2 atom stereocenters. The molecule has 4 heterocycles. The van der Waals surface area contributed by atoms with E-state index in [9.17, 15) is 0 Å². The molecule has 2 aromatic rings. The van der Waals surface area contributed by atoms with Crippen LogP contribution in [0.2, 0.25) is 0 Å². The third kappa shape index (κ3) is 3.83. The van der Waals surface area contributed by atoms with Crippen LogP contribution >= 0.6 is 11.3 Å².